The molecule has 1 saturated carbocycles. The Labute approximate surface area is 156 Å². The normalized spacial score (nSPS) is 15.8. The summed E-state index contributed by atoms with van der Waals surface area (Å²) in [6, 6.07) is 0. The number of rotatable bonds is 9. The summed E-state index contributed by atoms with van der Waals surface area (Å²) in [5.74, 6) is 1.17. The zero-order valence-corrected chi connectivity index (χ0v) is 17.1. The maximum absolute atomic E-state index is 12.1. The third-order valence-electron chi connectivity index (χ3n) is 4.88. The zero-order valence-electron chi connectivity index (χ0n) is 16.3. The lowest BCUT2D eigenvalue weighted by molar-refractivity contribution is 0.316. The fourth-order valence-corrected chi connectivity index (χ4v) is 3.87. The third-order valence-corrected chi connectivity index (χ3v) is 6.23. The Morgan fingerprint density at radius 2 is 2.04 bits per heavy atom. The van der Waals surface area contributed by atoms with E-state index in [0.29, 0.717) is 38.1 Å². The molecule has 0 aromatic carbocycles. The van der Waals surface area contributed by atoms with E-state index in [1.165, 1.54) is 6.42 Å². The van der Waals surface area contributed by atoms with Crippen molar-refractivity contribution in [1.82, 2.24) is 25.1 Å². The number of hydrogen-bond donors (Lipinski definition) is 3. The minimum absolute atomic E-state index is 0.0368. The highest BCUT2D eigenvalue weighted by atomic mass is 32.2. The van der Waals surface area contributed by atoms with Crippen molar-refractivity contribution >= 4 is 16.0 Å². The van der Waals surface area contributed by atoms with Crippen LogP contribution in [0.5, 0.6) is 0 Å². The van der Waals surface area contributed by atoms with Crippen molar-refractivity contribution in [2.45, 2.75) is 46.6 Å². The van der Waals surface area contributed by atoms with Gasteiger partial charge in [-0.2, -0.15) is 5.10 Å². The molecule has 148 valence electrons. The van der Waals surface area contributed by atoms with Crippen LogP contribution in [0.1, 0.15) is 43.1 Å². The molecule has 2 rings (SSSR count). The van der Waals surface area contributed by atoms with Crippen molar-refractivity contribution in [2.24, 2.45) is 18.0 Å². The molecule has 1 aromatic heterocycles. The van der Waals surface area contributed by atoms with Gasteiger partial charge in [0.05, 0.1) is 18.0 Å². The standard InChI is InChI=1S/C17H32N6O2S/c1-5-18-17(20-12-16-13(2)22-23(4)14(16)3)19-9-10-26(24,25)21-11-15-7-6-8-15/h15,21H,5-12H2,1-4H3,(H2,18,19,20). The van der Waals surface area contributed by atoms with Gasteiger partial charge in [-0.05, 0) is 39.5 Å². The van der Waals surface area contributed by atoms with Gasteiger partial charge < -0.3 is 10.6 Å². The first-order valence-electron chi connectivity index (χ1n) is 9.31. The van der Waals surface area contributed by atoms with E-state index in [2.05, 4.69) is 25.4 Å². The number of aryl methyl sites for hydroxylation is 2. The van der Waals surface area contributed by atoms with Gasteiger partial charge in [-0.25, -0.2) is 18.1 Å². The molecule has 1 aliphatic rings. The Bertz CT molecular complexity index is 722. The molecular weight excluding hydrogens is 352 g/mol. The predicted molar refractivity (Wildman–Crippen MR) is 105 cm³/mol. The minimum atomic E-state index is -3.25. The molecule has 1 aromatic rings. The van der Waals surface area contributed by atoms with Crippen molar-refractivity contribution in [3.8, 4) is 0 Å². The largest absolute Gasteiger partial charge is 0.357 e. The Balaban J connectivity index is 1.84. The number of hydrogen-bond acceptors (Lipinski definition) is 4. The van der Waals surface area contributed by atoms with Gasteiger partial charge in [0, 0.05) is 37.9 Å². The van der Waals surface area contributed by atoms with Crippen LogP contribution in [0, 0.1) is 19.8 Å². The van der Waals surface area contributed by atoms with Crippen LogP contribution in [0.2, 0.25) is 0 Å². The first-order valence-corrected chi connectivity index (χ1v) is 11.0. The molecule has 1 aliphatic carbocycles. The van der Waals surface area contributed by atoms with E-state index in [4.69, 9.17) is 0 Å². The first-order chi connectivity index (χ1) is 12.3. The lowest BCUT2D eigenvalue weighted by Crippen LogP contribution is -2.42. The zero-order chi connectivity index (χ0) is 19.2. The van der Waals surface area contributed by atoms with E-state index in [-0.39, 0.29) is 5.75 Å². The number of guanidine groups is 1. The van der Waals surface area contributed by atoms with E-state index in [9.17, 15) is 8.42 Å². The average Bonchev–Trinajstić information content (AvgIpc) is 2.76. The highest BCUT2D eigenvalue weighted by Gasteiger charge is 2.20. The van der Waals surface area contributed by atoms with Gasteiger partial charge >= 0.3 is 0 Å². The molecule has 3 N–H and O–H groups in total. The molecule has 0 radical (unpaired) electrons. The van der Waals surface area contributed by atoms with E-state index in [0.717, 1.165) is 29.8 Å². The van der Waals surface area contributed by atoms with Crippen molar-refractivity contribution in [3.63, 3.8) is 0 Å². The van der Waals surface area contributed by atoms with Crippen LogP contribution >= 0.6 is 0 Å². The quantitative estimate of drug-likeness (QED) is 0.432. The van der Waals surface area contributed by atoms with Gasteiger partial charge in [0.15, 0.2) is 5.96 Å². The smallest absolute Gasteiger partial charge is 0.213 e. The summed E-state index contributed by atoms with van der Waals surface area (Å²) in [6.45, 7) is 8.07. The highest BCUT2D eigenvalue weighted by molar-refractivity contribution is 7.89. The SMILES string of the molecule is CCNC(=NCc1c(C)nn(C)c1C)NCCS(=O)(=O)NCC1CCC1. The van der Waals surface area contributed by atoms with Crippen LogP contribution in [0.25, 0.3) is 0 Å². The molecule has 8 nitrogen and oxygen atoms in total. The Morgan fingerprint density at radius 1 is 1.31 bits per heavy atom. The molecule has 0 atom stereocenters. The van der Waals surface area contributed by atoms with Gasteiger partial charge in [0.25, 0.3) is 0 Å². The van der Waals surface area contributed by atoms with E-state index in [1.807, 2.05) is 32.5 Å². The third kappa shape index (κ3) is 5.98. The maximum Gasteiger partial charge on any atom is 0.213 e. The van der Waals surface area contributed by atoms with Gasteiger partial charge in [-0.1, -0.05) is 6.42 Å². The summed E-state index contributed by atoms with van der Waals surface area (Å²) in [7, 11) is -1.33. The summed E-state index contributed by atoms with van der Waals surface area (Å²) in [5, 5.41) is 10.6. The van der Waals surface area contributed by atoms with Crippen molar-refractivity contribution in [3.05, 3.63) is 17.0 Å². The van der Waals surface area contributed by atoms with Crippen LogP contribution in [-0.2, 0) is 23.6 Å². The summed E-state index contributed by atoms with van der Waals surface area (Å²) < 4.78 is 28.7. The average molecular weight is 385 g/mol. The molecule has 0 amide bonds. The second kappa shape index (κ2) is 9.36. The molecule has 1 fully saturated rings. The monoisotopic (exact) mass is 384 g/mol. The summed E-state index contributed by atoms with van der Waals surface area (Å²) >= 11 is 0. The fourth-order valence-electron chi connectivity index (χ4n) is 2.86. The van der Waals surface area contributed by atoms with Crippen LogP contribution in [0.15, 0.2) is 4.99 Å². The number of sulfonamides is 1. The van der Waals surface area contributed by atoms with Crippen LogP contribution < -0.4 is 15.4 Å². The lowest BCUT2D eigenvalue weighted by Gasteiger charge is -2.25. The molecule has 0 aliphatic heterocycles. The van der Waals surface area contributed by atoms with Crippen molar-refractivity contribution in [2.75, 3.05) is 25.4 Å². The van der Waals surface area contributed by atoms with Crippen molar-refractivity contribution in [1.29, 1.82) is 0 Å². The molecular formula is C17H32N6O2S. The first kappa shape index (κ1) is 20.7. The van der Waals surface area contributed by atoms with E-state index in [1.54, 1.807) is 0 Å². The molecule has 0 bridgehead atoms. The van der Waals surface area contributed by atoms with E-state index >= 15 is 0 Å². The molecule has 0 unspecified atom stereocenters. The molecule has 0 saturated heterocycles. The molecule has 0 spiro atoms. The second-order valence-corrected chi connectivity index (χ2v) is 8.79. The summed E-state index contributed by atoms with van der Waals surface area (Å²) in [5.41, 5.74) is 3.15. The molecule has 1 heterocycles. The number of nitrogens with one attached hydrogen (secondary N) is 3. The van der Waals surface area contributed by atoms with Crippen LogP contribution in [0.3, 0.4) is 0 Å². The highest BCUT2D eigenvalue weighted by Crippen LogP contribution is 2.25. The molecule has 26 heavy (non-hydrogen) atoms. The lowest BCUT2D eigenvalue weighted by atomic mass is 9.86. The van der Waals surface area contributed by atoms with Crippen LogP contribution in [-0.4, -0.2) is 49.5 Å². The van der Waals surface area contributed by atoms with Gasteiger partial charge in [-0.3, -0.25) is 4.68 Å². The minimum Gasteiger partial charge on any atom is -0.357 e. The Morgan fingerprint density at radius 3 is 2.58 bits per heavy atom. The second-order valence-electron chi connectivity index (χ2n) is 6.86. The van der Waals surface area contributed by atoms with Gasteiger partial charge in [-0.15, -0.1) is 0 Å². The van der Waals surface area contributed by atoms with Crippen LogP contribution in [0.4, 0.5) is 0 Å². The van der Waals surface area contributed by atoms with E-state index < -0.39 is 10.0 Å². The van der Waals surface area contributed by atoms with Gasteiger partial charge in [0.1, 0.15) is 0 Å². The Hall–Kier alpha value is -1.61. The fraction of sp³-hybridized carbons (Fsp3) is 0.765. The number of aliphatic imine (C=N–C) groups is 1. The summed E-state index contributed by atoms with van der Waals surface area (Å²) in [6.07, 6.45) is 3.47. The predicted octanol–water partition coefficient (Wildman–Crippen LogP) is 0.812. The number of aromatic nitrogens is 2. The molecule has 9 heteroatoms. The topological polar surface area (TPSA) is 100 Å². The van der Waals surface area contributed by atoms with Gasteiger partial charge in [0.2, 0.25) is 10.0 Å². The summed E-state index contributed by atoms with van der Waals surface area (Å²) in [4.78, 5) is 4.56. The number of nitrogens with zero attached hydrogens (tertiary/aromatic N) is 3. The van der Waals surface area contributed by atoms with Crippen molar-refractivity contribution < 1.29 is 8.42 Å². The maximum atomic E-state index is 12.1. The Kier molecular flexibility index (Phi) is 7.45.